The molecule has 0 saturated heterocycles. The molecule has 0 radical (unpaired) electrons. The minimum absolute atomic E-state index is 0.140. The molecular formula is C5H11N2O2+. The third-order valence-corrected chi connectivity index (χ3v) is 0.860. The molecule has 0 aromatic carbocycles. The third kappa shape index (κ3) is 7.37. The predicted octanol–water partition coefficient (Wildman–Crippen LogP) is 0.673. The van der Waals surface area contributed by atoms with Crippen molar-refractivity contribution in [1.82, 2.24) is 0 Å². The highest BCUT2D eigenvalue weighted by Crippen LogP contribution is 1.93. The van der Waals surface area contributed by atoms with Gasteiger partial charge >= 0.3 is 0 Å². The normalized spacial score (nSPS) is 16.2. The van der Waals surface area contributed by atoms with E-state index in [1.54, 1.807) is 0 Å². The minimum atomic E-state index is -1.25. The van der Waals surface area contributed by atoms with Gasteiger partial charge in [0.1, 0.15) is 6.54 Å². The average Bonchev–Trinajstić information content (AvgIpc) is 1.63. The lowest BCUT2D eigenvalue weighted by Gasteiger charge is -2.27. The standard InChI is InChI=1S/C5H11N2O2/c1-6-4-3-5-7(2,8)9/h1,8H,3-5H2,2H3/q+1. The van der Waals surface area contributed by atoms with Crippen LogP contribution in [0.2, 0.25) is 0 Å². The van der Waals surface area contributed by atoms with Gasteiger partial charge in [0.05, 0.1) is 13.5 Å². The van der Waals surface area contributed by atoms with Crippen molar-refractivity contribution >= 4 is 0 Å². The van der Waals surface area contributed by atoms with Crippen molar-refractivity contribution in [2.45, 2.75) is 6.42 Å². The molecule has 0 aromatic rings. The Labute approximate surface area is 54.3 Å². The summed E-state index contributed by atoms with van der Waals surface area (Å²) in [6, 6.07) is 0. The second-order valence-electron chi connectivity index (χ2n) is 2.03. The monoisotopic (exact) mass is 131 g/mol. The van der Waals surface area contributed by atoms with E-state index in [1.165, 1.54) is 0 Å². The molecule has 0 fully saturated rings. The maximum Gasteiger partial charge on any atom is 0.268 e. The SMILES string of the molecule is C#[N+]CCC[N+](C)([O-])O. The van der Waals surface area contributed by atoms with Crippen LogP contribution in [-0.4, -0.2) is 30.2 Å². The number of nitrogens with zero attached hydrogens (tertiary/aromatic N) is 2. The molecule has 9 heavy (non-hydrogen) atoms. The van der Waals surface area contributed by atoms with Crippen LogP contribution in [0.15, 0.2) is 0 Å². The van der Waals surface area contributed by atoms with Gasteiger partial charge in [0.2, 0.25) is 0 Å². The number of hydrogen-bond donors (Lipinski definition) is 1. The lowest BCUT2D eigenvalue weighted by molar-refractivity contribution is -1.05. The van der Waals surface area contributed by atoms with E-state index in [1.807, 2.05) is 0 Å². The van der Waals surface area contributed by atoms with Crippen LogP contribution in [0, 0.1) is 11.8 Å². The molecule has 1 unspecified atom stereocenters. The van der Waals surface area contributed by atoms with Crippen LogP contribution in [0.4, 0.5) is 0 Å². The van der Waals surface area contributed by atoms with E-state index in [4.69, 9.17) is 11.8 Å². The molecule has 0 aliphatic heterocycles. The average molecular weight is 131 g/mol. The maximum absolute atomic E-state index is 10.4. The lowest BCUT2D eigenvalue weighted by Crippen LogP contribution is -2.34. The third-order valence-electron chi connectivity index (χ3n) is 0.860. The summed E-state index contributed by atoms with van der Waals surface area (Å²) in [4.78, 5) is 2.02. The topological polar surface area (TPSA) is 47.6 Å². The van der Waals surface area contributed by atoms with Crippen molar-refractivity contribution < 1.29 is 10.0 Å². The molecule has 0 rings (SSSR count). The predicted molar refractivity (Wildman–Crippen MR) is 34.0 cm³/mol. The van der Waals surface area contributed by atoms with Crippen LogP contribution in [-0.2, 0) is 0 Å². The molecule has 0 heterocycles. The van der Waals surface area contributed by atoms with Crippen LogP contribution < -0.4 is 0 Å². The summed E-state index contributed by atoms with van der Waals surface area (Å²) in [5.74, 6) is 0. The van der Waals surface area contributed by atoms with Gasteiger partial charge in [-0.1, -0.05) is 4.85 Å². The molecule has 1 atom stereocenters. The molecule has 0 bridgehead atoms. The van der Waals surface area contributed by atoms with Gasteiger partial charge in [-0.2, -0.15) is 0 Å². The number of hydrogen-bond acceptors (Lipinski definition) is 2. The Balaban J connectivity index is 3.20. The van der Waals surface area contributed by atoms with Gasteiger partial charge in [0.25, 0.3) is 13.1 Å². The van der Waals surface area contributed by atoms with Gasteiger partial charge < -0.3 is 5.21 Å². The van der Waals surface area contributed by atoms with Gasteiger partial charge in [0, 0.05) is 0 Å². The van der Waals surface area contributed by atoms with Crippen LogP contribution in [0.5, 0.6) is 0 Å². The molecule has 0 saturated carbocycles. The zero-order valence-corrected chi connectivity index (χ0v) is 5.45. The molecule has 1 N–H and O–H groups in total. The van der Waals surface area contributed by atoms with Gasteiger partial charge in [-0.25, -0.2) is 10.0 Å². The van der Waals surface area contributed by atoms with Crippen LogP contribution in [0.1, 0.15) is 6.42 Å². The zero-order chi connectivity index (χ0) is 7.33. The van der Waals surface area contributed by atoms with Gasteiger partial charge in [-0.15, -0.1) is 0 Å². The lowest BCUT2D eigenvalue weighted by atomic mass is 10.4. The summed E-state index contributed by atoms with van der Waals surface area (Å²) in [7, 11) is 1.16. The first-order chi connectivity index (χ1) is 4.06. The summed E-state index contributed by atoms with van der Waals surface area (Å²) in [6.07, 6.45) is 0.521. The summed E-state index contributed by atoms with van der Waals surface area (Å²) in [5.41, 5.74) is 0. The highest BCUT2D eigenvalue weighted by Gasteiger charge is 2.05. The molecule has 4 heteroatoms. The summed E-state index contributed by atoms with van der Waals surface area (Å²) in [5, 5.41) is 18.9. The Morgan fingerprint density at radius 3 is 2.67 bits per heavy atom. The Bertz CT molecular complexity index is 111. The van der Waals surface area contributed by atoms with Crippen LogP contribution in [0.3, 0.4) is 0 Å². The van der Waals surface area contributed by atoms with Crippen molar-refractivity contribution in [2.24, 2.45) is 0 Å². The Hall–Kier alpha value is -0.630. The molecular weight excluding hydrogens is 120 g/mol. The first-order valence-electron chi connectivity index (χ1n) is 2.72. The highest BCUT2D eigenvalue weighted by atomic mass is 16.8. The van der Waals surface area contributed by atoms with Crippen molar-refractivity contribution in [2.75, 3.05) is 20.1 Å². The van der Waals surface area contributed by atoms with Gasteiger partial charge in [0.15, 0.2) is 0 Å². The second-order valence-corrected chi connectivity index (χ2v) is 2.03. The number of hydroxylamine groups is 4. The largest absolute Gasteiger partial charge is 0.599 e. The fourth-order valence-electron chi connectivity index (χ4n) is 0.455. The molecule has 0 aliphatic carbocycles. The molecule has 4 nitrogen and oxygen atoms in total. The van der Waals surface area contributed by atoms with Gasteiger partial charge in [-0.05, 0) is 0 Å². The maximum atomic E-state index is 10.4. The number of quaternary nitrogens is 1. The Kier molecular flexibility index (Phi) is 3.17. The van der Waals surface area contributed by atoms with Crippen molar-refractivity contribution in [3.63, 3.8) is 0 Å². The van der Waals surface area contributed by atoms with E-state index < -0.39 is 4.81 Å². The van der Waals surface area contributed by atoms with Crippen molar-refractivity contribution in [1.29, 1.82) is 0 Å². The molecule has 0 aromatic heterocycles. The smallest absolute Gasteiger partial charge is 0.268 e. The van der Waals surface area contributed by atoms with E-state index in [0.717, 1.165) is 7.05 Å². The second kappa shape index (κ2) is 3.41. The van der Waals surface area contributed by atoms with E-state index in [0.29, 0.717) is 13.0 Å². The van der Waals surface area contributed by atoms with Crippen LogP contribution in [0.25, 0.3) is 4.85 Å². The molecule has 0 amide bonds. The van der Waals surface area contributed by atoms with E-state index >= 15 is 0 Å². The van der Waals surface area contributed by atoms with E-state index in [-0.39, 0.29) is 6.54 Å². The molecule has 0 spiro atoms. The fourth-order valence-corrected chi connectivity index (χ4v) is 0.455. The summed E-state index contributed by atoms with van der Waals surface area (Å²) in [6.45, 7) is 5.36. The quantitative estimate of drug-likeness (QED) is 0.347. The first-order valence-corrected chi connectivity index (χ1v) is 2.72. The summed E-state index contributed by atoms with van der Waals surface area (Å²) < 4.78 is 0. The van der Waals surface area contributed by atoms with Gasteiger partial charge in [-0.3, -0.25) is 0 Å². The molecule has 0 aliphatic rings. The van der Waals surface area contributed by atoms with Crippen LogP contribution >= 0.6 is 0 Å². The van der Waals surface area contributed by atoms with E-state index in [9.17, 15) is 5.21 Å². The number of rotatable bonds is 3. The van der Waals surface area contributed by atoms with E-state index in [2.05, 4.69) is 4.85 Å². The van der Waals surface area contributed by atoms with Crippen molar-refractivity contribution in [3.05, 3.63) is 10.1 Å². The molecule has 52 valence electrons. The first kappa shape index (κ1) is 8.37. The summed E-state index contributed by atoms with van der Waals surface area (Å²) >= 11 is 0. The fraction of sp³-hybridized carbons (Fsp3) is 0.800. The Morgan fingerprint density at radius 2 is 2.33 bits per heavy atom. The highest BCUT2D eigenvalue weighted by molar-refractivity contribution is 4.64. The van der Waals surface area contributed by atoms with Crippen molar-refractivity contribution in [3.8, 4) is 6.57 Å². The minimum Gasteiger partial charge on any atom is -0.599 e. The Morgan fingerprint density at radius 1 is 1.78 bits per heavy atom. The zero-order valence-electron chi connectivity index (χ0n) is 5.45.